The van der Waals surface area contributed by atoms with Crippen LogP contribution in [0.4, 0.5) is 0 Å². The maximum Gasteiger partial charge on any atom is 0.339 e. The number of aryl methyl sites for hydroxylation is 4. The van der Waals surface area contributed by atoms with Crippen molar-refractivity contribution in [2.24, 2.45) is 0 Å². The molecule has 4 rings (SSSR count). The summed E-state index contributed by atoms with van der Waals surface area (Å²) >= 11 is 0. The van der Waals surface area contributed by atoms with Gasteiger partial charge in [0.2, 0.25) is 0 Å². The number of hydrogen-bond donors (Lipinski definition) is 0. The lowest BCUT2D eigenvalue weighted by atomic mass is 9.95. The van der Waals surface area contributed by atoms with Gasteiger partial charge in [-0.15, -0.1) is 0 Å². The van der Waals surface area contributed by atoms with E-state index in [1.54, 1.807) is 0 Å². The minimum Gasteiger partial charge on any atom is -0.488 e. The van der Waals surface area contributed by atoms with Crippen LogP contribution in [0, 0.1) is 34.6 Å². The fourth-order valence-electron chi connectivity index (χ4n) is 4.28. The lowest BCUT2D eigenvalue weighted by Crippen LogP contribution is -2.09. The summed E-state index contributed by atoms with van der Waals surface area (Å²) in [6, 6.07) is 6.24. The summed E-state index contributed by atoms with van der Waals surface area (Å²) in [6.07, 6.45) is 2.72. The Morgan fingerprint density at radius 3 is 2.30 bits per heavy atom. The summed E-state index contributed by atoms with van der Waals surface area (Å²) in [5.74, 6) is 0.824. The molecule has 27 heavy (non-hydrogen) atoms. The summed E-state index contributed by atoms with van der Waals surface area (Å²) in [5.41, 5.74) is 9.83. The monoisotopic (exact) mass is 362 g/mol. The van der Waals surface area contributed by atoms with Gasteiger partial charge in [-0.25, -0.2) is 4.79 Å². The highest BCUT2D eigenvalue weighted by Crippen LogP contribution is 2.36. The van der Waals surface area contributed by atoms with Gasteiger partial charge in [-0.3, -0.25) is 0 Å². The number of hydrogen-bond acceptors (Lipinski definition) is 3. The minimum absolute atomic E-state index is 0.187. The largest absolute Gasteiger partial charge is 0.488 e. The highest BCUT2D eigenvalue weighted by atomic mass is 16.5. The van der Waals surface area contributed by atoms with Crippen molar-refractivity contribution in [3.05, 3.63) is 73.1 Å². The Morgan fingerprint density at radius 1 is 0.926 bits per heavy atom. The molecule has 0 saturated carbocycles. The third kappa shape index (κ3) is 2.95. The molecule has 3 aromatic rings. The average Bonchev–Trinajstić information content (AvgIpc) is 3.10. The molecule has 3 heteroatoms. The molecule has 1 aromatic heterocycles. The second-order valence-corrected chi connectivity index (χ2v) is 7.86. The standard InChI is InChI=1S/C24H26O3/c1-13-9-21(26-12-20-16(4)14(2)11-15(3)17(20)5)23-18-7-6-8-19(18)24(25)27-22(23)10-13/h9-11H,6-8,12H2,1-5H3. The van der Waals surface area contributed by atoms with Crippen molar-refractivity contribution in [1.82, 2.24) is 0 Å². The zero-order valence-electron chi connectivity index (χ0n) is 16.8. The number of benzene rings is 2. The van der Waals surface area contributed by atoms with Crippen LogP contribution in [0.3, 0.4) is 0 Å². The lowest BCUT2D eigenvalue weighted by Gasteiger charge is -2.18. The van der Waals surface area contributed by atoms with Gasteiger partial charge in [0.05, 0.1) is 5.39 Å². The van der Waals surface area contributed by atoms with E-state index >= 15 is 0 Å². The fourth-order valence-corrected chi connectivity index (χ4v) is 4.28. The van der Waals surface area contributed by atoms with E-state index in [4.69, 9.17) is 9.15 Å². The summed E-state index contributed by atoms with van der Waals surface area (Å²) in [6.45, 7) is 11.1. The van der Waals surface area contributed by atoms with Crippen molar-refractivity contribution in [2.75, 3.05) is 0 Å². The third-order valence-electron chi connectivity index (χ3n) is 6.07. The van der Waals surface area contributed by atoms with E-state index in [0.717, 1.165) is 47.1 Å². The van der Waals surface area contributed by atoms with Crippen LogP contribution >= 0.6 is 0 Å². The molecule has 0 fully saturated rings. The minimum atomic E-state index is -0.187. The zero-order chi connectivity index (χ0) is 19.3. The van der Waals surface area contributed by atoms with Crippen LogP contribution in [0.2, 0.25) is 0 Å². The smallest absolute Gasteiger partial charge is 0.339 e. The normalized spacial score (nSPS) is 13.2. The van der Waals surface area contributed by atoms with E-state index in [0.29, 0.717) is 12.2 Å². The van der Waals surface area contributed by atoms with Crippen molar-refractivity contribution < 1.29 is 9.15 Å². The molecule has 0 N–H and O–H groups in total. The molecule has 1 heterocycles. The summed E-state index contributed by atoms with van der Waals surface area (Å²) < 4.78 is 12.0. The first-order chi connectivity index (χ1) is 12.9. The van der Waals surface area contributed by atoms with Crippen molar-refractivity contribution in [1.29, 1.82) is 0 Å². The molecular weight excluding hydrogens is 336 g/mol. The summed E-state index contributed by atoms with van der Waals surface area (Å²) in [7, 11) is 0. The van der Waals surface area contributed by atoms with Crippen LogP contribution in [0.5, 0.6) is 5.75 Å². The van der Waals surface area contributed by atoms with E-state index in [9.17, 15) is 4.79 Å². The SMILES string of the molecule is Cc1cc(OCc2c(C)c(C)cc(C)c2C)c2c3c(c(=O)oc2c1)CCC3. The Bertz CT molecular complexity index is 1090. The molecule has 0 atom stereocenters. The van der Waals surface area contributed by atoms with Gasteiger partial charge in [0.25, 0.3) is 0 Å². The lowest BCUT2D eigenvalue weighted by molar-refractivity contribution is 0.307. The third-order valence-corrected chi connectivity index (χ3v) is 6.07. The molecule has 0 amide bonds. The topological polar surface area (TPSA) is 39.4 Å². The first-order valence-corrected chi connectivity index (χ1v) is 9.65. The molecule has 0 bridgehead atoms. The quantitative estimate of drug-likeness (QED) is 0.585. The number of rotatable bonds is 3. The second kappa shape index (κ2) is 6.56. The fraction of sp³-hybridized carbons (Fsp3) is 0.375. The van der Waals surface area contributed by atoms with Crippen LogP contribution < -0.4 is 10.4 Å². The van der Waals surface area contributed by atoms with Crippen molar-refractivity contribution >= 4 is 11.0 Å². The predicted octanol–water partition coefficient (Wildman–Crippen LogP) is 5.40. The van der Waals surface area contributed by atoms with E-state index in [-0.39, 0.29) is 5.63 Å². The Hall–Kier alpha value is -2.55. The molecule has 0 spiro atoms. The van der Waals surface area contributed by atoms with Gasteiger partial charge in [0.1, 0.15) is 17.9 Å². The second-order valence-electron chi connectivity index (χ2n) is 7.86. The molecule has 1 aliphatic rings. The maximum atomic E-state index is 12.3. The molecular formula is C24H26O3. The van der Waals surface area contributed by atoms with Crippen LogP contribution in [0.1, 0.15) is 50.9 Å². The van der Waals surface area contributed by atoms with Gasteiger partial charge >= 0.3 is 5.63 Å². The van der Waals surface area contributed by atoms with Crippen molar-refractivity contribution in [3.8, 4) is 5.75 Å². The Balaban J connectivity index is 1.82. The molecule has 1 aliphatic carbocycles. The van der Waals surface area contributed by atoms with Gasteiger partial charge in [-0.2, -0.15) is 0 Å². The summed E-state index contributed by atoms with van der Waals surface area (Å²) in [4.78, 5) is 12.3. The zero-order valence-corrected chi connectivity index (χ0v) is 16.8. The van der Waals surface area contributed by atoms with Crippen LogP contribution in [-0.4, -0.2) is 0 Å². The highest BCUT2D eigenvalue weighted by molar-refractivity contribution is 5.88. The molecule has 2 aromatic carbocycles. The number of fused-ring (bicyclic) bond motifs is 3. The predicted molar refractivity (Wildman–Crippen MR) is 109 cm³/mol. The van der Waals surface area contributed by atoms with Crippen LogP contribution in [-0.2, 0) is 19.4 Å². The van der Waals surface area contributed by atoms with Gasteiger partial charge < -0.3 is 9.15 Å². The molecule has 140 valence electrons. The van der Waals surface area contributed by atoms with Crippen LogP contribution in [0.15, 0.2) is 27.4 Å². The highest BCUT2D eigenvalue weighted by Gasteiger charge is 2.22. The molecule has 0 radical (unpaired) electrons. The molecule has 0 aliphatic heterocycles. The first-order valence-electron chi connectivity index (χ1n) is 9.65. The van der Waals surface area contributed by atoms with E-state index < -0.39 is 0 Å². The first kappa shape index (κ1) is 17.8. The van der Waals surface area contributed by atoms with E-state index in [1.165, 1.54) is 27.8 Å². The van der Waals surface area contributed by atoms with Gasteiger partial charge in [-0.05, 0) is 105 Å². The Labute approximate surface area is 160 Å². The molecule has 0 saturated heterocycles. The average molecular weight is 362 g/mol. The van der Waals surface area contributed by atoms with Gasteiger partial charge in [0, 0.05) is 5.56 Å². The summed E-state index contributed by atoms with van der Waals surface area (Å²) in [5, 5.41) is 0.979. The Morgan fingerprint density at radius 2 is 1.59 bits per heavy atom. The van der Waals surface area contributed by atoms with E-state index in [2.05, 4.69) is 39.8 Å². The van der Waals surface area contributed by atoms with Gasteiger partial charge in [-0.1, -0.05) is 6.07 Å². The Kier molecular flexibility index (Phi) is 4.33. The van der Waals surface area contributed by atoms with Gasteiger partial charge in [0.15, 0.2) is 0 Å². The van der Waals surface area contributed by atoms with E-state index in [1.807, 2.05) is 13.0 Å². The van der Waals surface area contributed by atoms with Crippen LogP contribution in [0.25, 0.3) is 11.0 Å². The van der Waals surface area contributed by atoms with Crippen molar-refractivity contribution in [2.45, 2.75) is 60.5 Å². The number of ether oxygens (including phenoxy) is 1. The molecule has 0 unspecified atom stereocenters. The molecule has 3 nitrogen and oxygen atoms in total. The van der Waals surface area contributed by atoms with Crippen molar-refractivity contribution in [3.63, 3.8) is 0 Å². The maximum absolute atomic E-state index is 12.3.